The van der Waals surface area contributed by atoms with E-state index in [-0.39, 0.29) is 33.3 Å². The highest BCUT2D eigenvalue weighted by atomic mass is 35.5. The second-order valence-electron chi connectivity index (χ2n) is 6.29. The molecule has 3 N–H and O–H groups in total. The summed E-state index contributed by atoms with van der Waals surface area (Å²) in [5.74, 6) is -1.58. The molecule has 1 amide bonds. The van der Waals surface area contributed by atoms with Crippen molar-refractivity contribution in [2.24, 2.45) is 0 Å². The van der Waals surface area contributed by atoms with Gasteiger partial charge in [0.05, 0.1) is 21.7 Å². The number of carbonyl (C=O) groups is 2. The highest BCUT2D eigenvalue weighted by Crippen LogP contribution is 2.24. The molecular formula is C21H17ClN2O5S. The number of carboxylic acid groups (broad SMARTS) is 1. The summed E-state index contributed by atoms with van der Waals surface area (Å²) in [4.78, 5) is 23.7. The predicted octanol–water partition coefficient (Wildman–Crippen LogP) is 3.77. The molecule has 0 saturated heterocycles. The monoisotopic (exact) mass is 444 g/mol. The van der Waals surface area contributed by atoms with E-state index in [0.29, 0.717) is 5.56 Å². The Hall–Kier alpha value is -3.36. The van der Waals surface area contributed by atoms with E-state index in [2.05, 4.69) is 10.0 Å². The lowest BCUT2D eigenvalue weighted by Gasteiger charge is -2.13. The van der Waals surface area contributed by atoms with Crippen LogP contribution in [0.2, 0.25) is 5.02 Å². The number of aromatic carboxylic acids is 1. The smallest absolute Gasteiger partial charge is 0.335 e. The Labute approximate surface area is 178 Å². The molecule has 0 aromatic heterocycles. The molecule has 154 valence electrons. The van der Waals surface area contributed by atoms with E-state index in [0.717, 1.165) is 0 Å². The quantitative estimate of drug-likeness (QED) is 0.513. The van der Waals surface area contributed by atoms with Gasteiger partial charge in [-0.15, -0.1) is 0 Å². The largest absolute Gasteiger partial charge is 0.478 e. The summed E-state index contributed by atoms with van der Waals surface area (Å²) in [6, 6.07) is 18.1. The van der Waals surface area contributed by atoms with Crippen LogP contribution in [0.5, 0.6) is 0 Å². The second kappa shape index (κ2) is 8.98. The van der Waals surface area contributed by atoms with Crippen LogP contribution < -0.4 is 10.0 Å². The van der Waals surface area contributed by atoms with E-state index in [1.807, 2.05) is 0 Å². The van der Waals surface area contributed by atoms with Crippen LogP contribution in [0, 0.1) is 0 Å². The van der Waals surface area contributed by atoms with Gasteiger partial charge in [-0.3, -0.25) is 9.52 Å². The van der Waals surface area contributed by atoms with Crippen molar-refractivity contribution in [1.82, 2.24) is 5.32 Å². The number of halogens is 1. The van der Waals surface area contributed by atoms with Crippen LogP contribution in [0.4, 0.5) is 5.69 Å². The van der Waals surface area contributed by atoms with Crippen LogP contribution in [-0.4, -0.2) is 25.4 Å². The molecule has 0 saturated carbocycles. The van der Waals surface area contributed by atoms with Crippen molar-refractivity contribution in [2.45, 2.75) is 11.4 Å². The van der Waals surface area contributed by atoms with Crippen LogP contribution in [0.15, 0.2) is 77.7 Å². The van der Waals surface area contributed by atoms with Crippen LogP contribution in [-0.2, 0) is 16.6 Å². The zero-order chi connectivity index (χ0) is 21.7. The minimum Gasteiger partial charge on any atom is -0.478 e. The van der Waals surface area contributed by atoms with Crippen molar-refractivity contribution in [3.8, 4) is 0 Å². The summed E-state index contributed by atoms with van der Waals surface area (Å²) in [6.07, 6.45) is 0. The van der Waals surface area contributed by atoms with E-state index in [1.165, 1.54) is 42.5 Å². The SMILES string of the molecule is O=C(O)c1ccc(CNC(=O)c2cc(Cl)ccc2NS(=O)(=O)c2ccccc2)cc1. The molecule has 9 heteroatoms. The first kappa shape index (κ1) is 21.4. The molecule has 3 aromatic rings. The molecule has 0 bridgehead atoms. The maximum atomic E-state index is 12.7. The fraction of sp³-hybridized carbons (Fsp3) is 0.0476. The van der Waals surface area contributed by atoms with Crippen LogP contribution in [0.1, 0.15) is 26.3 Å². The topological polar surface area (TPSA) is 113 Å². The lowest BCUT2D eigenvalue weighted by Crippen LogP contribution is -2.25. The summed E-state index contributed by atoms with van der Waals surface area (Å²) in [5, 5.41) is 11.9. The number of sulfonamides is 1. The molecule has 30 heavy (non-hydrogen) atoms. The average Bonchev–Trinajstić information content (AvgIpc) is 2.74. The average molecular weight is 445 g/mol. The molecule has 0 aliphatic carbocycles. The van der Waals surface area contributed by atoms with Gasteiger partial charge < -0.3 is 10.4 Å². The minimum absolute atomic E-state index is 0.0594. The third-order valence-electron chi connectivity index (χ3n) is 4.18. The Morgan fingerprint density at radius 1 is 0.933 bits per heavy atom. The summed E-state index contributed by atoms with van der Waals surface area (Å²) >= 11 is 6.00. The molecule has 0 atom stereocenters. The van der Waals surface area contributed by atoms with Crippen molar-refractivity contribution in [1.29, 1.82) is 0 Å². The van der Waals surface area contributed by atoms with E-state index >= 15 is 0 Å². The van der Waals surface area contributed by atoms with Gasteiger partial charge in [-0.25, -0.2) is 13.2 Å². The van der Waals surface area contributed by atoms with Crippen LogP contribution in [0.25, 0.3) is 0 Å². The van der Waals surface area contributed by atoms with Gasteiger partial charge in [0.2, 0.25) is 0 Å². The Morgan fingerprint density at radius 3 is 2.23 bits per heavy atom. The second-order valence-corrected chi connectivity index (χ2v) is 8.41. The van der Waals surface area contributed by atoms with Gasteiger partial charge in [0.1, 0.15) is 0 Å². The van der Waals surface area contributed by atoms with Gasteiger partial charge in [-0.2, -0.15) is 0 Å². The Morgan fingerprint density at radius 2 is 1.60 bits per heavy atom. The zero-order valence-electron chi connectivity index (χ0n) is 15.5. The number of nitrogens with one attached hydrogen (secondary N) is 2. The standard InChI is InChI=1S/C21H17ClN2O5S/c22-16-10-11-19(24-30(28,29)17-4-2-1-3-5-17)18(12-16)20(25)23-13-14-6-8-15(9-7-14)21(26)27/h1-12,24H,13H2,(H,23,25)(H,26,27). The Kier molecular flexibility index (Phi) is 6.39. The third-order valence-corrected chi connectivity index (χ3v) is 5.79. The molecule has 0 unspecified atom stereocenters. The van der Waals surface area contributed by atoms with Crippen molar-refractivity contribution in [3.63, 3.8) is 0 Å². The van der Waals surface area contributed by atoms with Crippen molar-refractivity contribution >= 4 is 39.2 Å². The van der Waals surface area contributed by atoms with E-state index in [1.54, 1.807) is 30.3 Å². The number of anilines is 1. The van der Waals surface area contributed by atoms with Crippen LogP contribution in [0.3, 0.4) is 0 Å². The molecule has 7 nitrogen and oxygen atoms in total. The number of carbonyl (C=O) groups excluding carboxylic acids is 1. The molecule has 0 fully saturated rings. The van der Waals surface area contributed by atoms with Gasteiger partial charge in [0, 0.05) is 11.6 Å². The van der Waals surface area contributed by atoms with Crippen molar-refractivity contribution in [2.75, 3.05) is 4.72 Å². The van der Waals surface area contributed by atoms with Gasteiger partial charge in [-0.05, 0) is 48.0 Å². The van der Waals surface area contributed by atoms with Gasteiger partial charge in [0.25, 0.3) is 15.9 Å². The van der Waals surface area contributed by atoms with Gasteiger partial charge >= 0.3 is 5.97 Å². The van der Waals surface area contributed by atoms with Crippen molar-refractivity contribution < 1.29 is 23.1 Å². The lowest BCUT2D eigenvalue weighted by molar-refractivity contribution is 0.0696. The molecule has 0 spiro atoms. The molecule has 0 aliphatic rings. The number of carboxylic acids is 1. The molecule has 0 heterocycles. The normalized spacial score (nSPS) is 11.0. The summed E-state index contributed by atoms with van der Waals surface area (Å²) in [7, 11) is -3.89. The summed E-state index contributed by atoms with van der Waals surface area (Å²) in [6.45, 7) is 0.121. The fourth-order valence-electron chi connectivity index (χ4n) is 2.64. The minimum atomic E-state index is -3.89. The summed E-state index contributed by atoms with van der Waals surface area (Å²) < 4.78 is 27.6. The van der Waals surface area contributed by atoms with Crippen molar-refractivity contribution in [3.05, 3.63) is 94.5 Å². The van der Waals surface area contributed by atoms with Gasteiger partial charge in [-0.1, -0.05) is 41.9 Å². The maximum absolute atomic E-state index is 12.7. The van der Waals surface area contributed by atoms with Gasteiger partial charge in [0.15, 0.2) is 0 Å². The van der Waals surface area contributed by atoms with E-state index in [4.69, 9.17) is 16.7 Å². The Balaban J connectivity index is 1.79. The first-order valence-electron chi connectivity index (χ1n) is 8.74. The number of hydrogen-bond acceptors (Lipinski definition) is 4. The molecule has 0 aliphatic heterocycles. The highest BCUT2D eigenvalue weighted by molar-refractivity contribution is 7.92. The number of rotatable bonds is 7. The zero-order valence-corrected chi connectivity index (χ0v) is 17.1. The lowest BCUT2D eigenvalue weighted by atomic mass is 10.1. The summed E-state index contributed by atoms with van der Waals surface area (Å²) in [5.41, 5.74) is 0.963. The van der Waals surface area contributed by atoms with Crippen LogP contribution >= 0.6 is 11.6 Å². The maximum Gasteiger partial charge on any atom is 0.335 e. The number of amides is 1. The van der Waals surface area contributed by atoms with E-state index < -0.39 is 21.9 Å². The fourth-order valence-corrected chi connectivity index (χ4v) is 3.91. The molecule has 0 radical (unpaired) electrons. The third kappa shape index (κ3) is 5.16. The number of hydrogen-bond donors (Lipinski definition) is 3. The first-order chi connectivity index (χ1) is 14.3. The Bertz CT molecular complexity index is 1180. The molecule has 3 rings (SSSR count). The predicted molar refractivity (Wildman–Crippen MR) is 113 cm³/mol. The molecule has 3 aromatic carbocycles. The van der Waals surface area contributed by atoms with E-state index in [9.17, 15) is 18.0 Å². The molecular weight excluding hydrogens is 428 g/mol. The number of benzene rings is 3. The first-order valence-corrected chi connectivity index (χ1v) is 10.6. The highest BCUT2D eigenvalue weighted by Gasteiger charge is 2.19.